The summed E-state index contributed by atoms with van der Waals surface area (Å²) in [5.41, 5.74) is 6.19. The van der Waals surface area contributed by atoms with Gasteiger partial charge in [-0.05, 0) is 44.1 Å². The lowest BCUT2D eigenvalue weighted by atomic mass is 9.62. The molecule has 0 fully saturated rings. The Labute approximate surface area is 166 Å². The third-order valence-electron chi connectivity index (χ3n) is 5.73. The Balaban J connectivity index is 1.75. The highest BCUT2D eigenvalue weighted by Gasteiger charge is 2.47. The van der Waals surface area contributed by atoms with Gasteiger partial charge in [0.25, 0.3) is 0 Å². The largest absolute Gasteiger partial charge is 0.359 e. The van der Waals surface area contributed by atoms with Crippen molar-refractivity contribution in [3.8, 4) is 0 Å². The van der Waals surface area contributed by atoms with Gasteiger partial charge in [0, 0.05) is 41.1 Å². The van der Waals surface area contributed by atoms with E-state index in [1.165, 1.54) is 28.5 Å². The average Bonchev–Trinajstić information content (AvgIpc) is 2.65. The Bertz CT molecular complexity index is 1000. The zero-order chi connectivity index (χ0) is 19.7. The molecule has 0 saturated heterocycles. The quantitative estimate of drug-likeness (QED) is 0.519. The third kappa shape index (κ3) is 3.11. The predicted molar refractivity (Wildman–Crippen MR) is 115 cm³/mol. The fraction of sp³-hybridized carbons (Fsp3) is 0.240. The van der Waals surface area contributed by atoms with Gasteiger partial charge in [0.15, 0.2) is 0 Å². The molecule has 1 aromatic carbocycles. The molecule has 1 aliphatic heterocycles. The van der Waals surface area contributed by atoms with E-state index in [1.54, 1.807) is 18.2 Å². The molecule has 2 bridgehead atoms. The molecule has 2 aliphatic carbocycles. The number of fused-ring (bicyclic) bond motifs is 3. The van der Waals surface area contributed by atoms with Crippen molar-refractivity contribution >= 4 is 12.3 Å². The van der Waals surface area contributed by atoms with Crippen molar-refractivity contribution in [2.24, 2.45) is 10.9 Å². The van der Waals surface area contributed by atoms with Gasteiger partial charge in [-0.2, -0.15) is 0 Å². The Morgan fingerprint density at radius 3 is 2.89 bits per heavy atom. The minimum atomic E-state index is -0.407. The van der Waals surface area contributed by atoms with Gasteiger partial charge >= 0.3 is 0 Å². The van der Waals surface area contributed by atoms with Crippen LogP contribution in [0.5, 0.6) is 0 Å². The summed E-state index contributed by atoms with van der Waals surface area (Å²) < 4.78 is 13.9. The van der Waals surface area contributed by atoms with Gasteiger partial charge in [0.1, 0.15) is 11.4 Å². The van der Waals surface area contributed by atoms with E-state index in [0.29, 0.717) is 11.5 Å². The smallest absolute Gasteiger partial charge is 0.130 e. The van der Waals surface area contributed by atoms with Gasteiger partial charge in [-0.25, -0.2) is 4.39 Å². The highest BCUT2D eigenvalue weighted by atomic mass is 19.1. The molecule has 4 rings (SSSR count). The molecule has 0 amide bonds. The molecule has 0 spiro atoms. The molecule has 1 heterocycles. The summed E-state index contributed by atoms with van der Waals surface area (Å²) in [5, 5.41) is 3.46. The number of hydrogen-bond donors (Lipinski definition) is 1. The van der Waals surface area contributed by atoms with Crippen molar-refractivity contribution < 1.29 is 4.39 Å². The first-order valence-corrected chi connectivity index (χ1v) is 9.71. The van der Waals surface area contributed by atoms with Gasteiger partial charge in [0.05, 0.1) is 0 Å². The van der Waals surface area contributed by atoms with E-state index < -0.39 is 5.54 Å². The summed E-state index contributed by atoms with van der Waals surface area (Å²) in [4.78, 5) is 5.07. The summed E-state index contributed by atoms with van der Waals surface area (Å²) >= 11 is 0. The van der Waals surface area contributed by atoms with Crippen LogP contribution in [0, 0.1) is 11.7 Å². The Morgan fingerprint density at radius 1 is 1.29 bits per heavy atom. The minimum absolute atomic E-state index is 0.225. The number of nitrogens with one attached hydrogen (secondary N) is 1. The fourth-order valence-electron chi connectivity index (χ4n) is 4.65. The third-order valence-corrected chi connectivity index (χ3v) is 5.73. The van der Waals surface area contributed by atoms with Gasteiger partial charge in [-0.1, -0.05) is 54.7 Å². The maximum absolute atomic E-state index is 13.9. The van der Waals surface area contributed by atoms with Crippen LogP contribution in [-0.4, -0.2) is 11.8 Å². The number of dihydropyridines is 1. The maximum atomic E-state index is 13.9. The van der Waals surface area contributed by atoms with Crippen LogP contribution < -0.4 is 5.32 Å². The topological polar surface area (TPSA) is 24.4 Å². The molecule has 1 aromatic rings. The van der Waals surface area contributed by atoms with E-state index in [2.05, 4.69) is 44.0 Å². The molecule has 3 heteroatoms. The van der Waals surface area contributed by atoms with E-state index in [0.717, 1.165) is 18.5 Å². The summed E-state index contributed by atoms with van der Waals surface area (Å²) in [7, 11) is 0. The van der Waals surface area contributed by atoms with Gasteiger partial charge in [-0.15, -0.1) is 0 Å². The van der Waals surface area contributed by atoms with Crippen molar-refractivity contribution in [1.82, 2.24) is 5.32 Å². The first-order chi connectivity index (χ1) is 13.5. The van der Waals surface area contributed by atoms with Crippen LogP contribution in [0.15, 0.2) is 94.3 Å². The summed E-state index contributed by atoms with van der Waals surface area (Å²) in [6.45, 7) is 8.33. The molecular weight excluding hydrogens is 347 g/mol. The maximum Gasteiger partial charge on any atom is 0.130 e. The summed E-state index contributed by atoms with van der Waals surface area (Å²) in [6.07, 6.45) is 16.0. The monoisotopic (exact) mass is 372 g/mol. The van der Waals surface area contributed by atoms with E-state index in [1.807, 2.05) is 24.4 Å². The highest BCUT2D eigenvalue weighted by molar-refractivity contribution is 5.80. The van der Waals surface area contributed by atoms with Crippen molar-refractivity contribution in [3.05, 3.63) is 101 Å². The van der Waals surface area contributed by atoms with E-state index >= 15 is 0 Å². The van der Waals surface area contributed by atoms with Crippen LogP contribution in [-0.2, 0) is 0 Å². The lowest BCUT2D eigenvalue weighted by Crippen LogP contribution is -2.44. The number of nitrogens with zero attached hydrogens (tertiary/aromatic N) is 1. The molecule has 142 valence electrons. The summed E-state index contributed by atoms with van der Waals surface area (Å²) in [6, 6.07) is 6.76. The predicted octanol–water partition coefficient (Wildman–Crippen LogP) is 5.89. The number of aliphatic imine (C=N–C) groups is 1. The second-order valence-electron chi connectivity index (χ2n) is 7.64. The summed E-state index contributed by atoms with van der Waals surface area (Å²) in [5.74, 6) is 0.119. The normalized spacial score (nSPS) is 28.1. The van der Waals surface area contributed by atoms with Gasteiger partial charge in [0.2, 0.25) is 0 Å². The van der Waals surface area contributed by atoms with E-state index in [4.69, 9.17) is 4.99 Å². The lowest BCUT2D eigenvalue weighted by molar-refractivity contribution is 0.453. The molecule has 1 N–H and O–H groups in total. The molecule has 0 aromatic heterocycles. The number of allylic oxidation sites excluding steroid dienone is 5. The molecule has 0 radical (unpaired) electrons. The van der Waals surface area contributed by atoms with E-state index in [9.17, 15) is 4.39 Å². The second kappa shape index (κ2) is 7.23. The lowest BCUT2D eigenvalue weighted by Gasteiger charge is -2.47. The number of rotatable bonds is 3. The van der Waals surface area contributed by atoms with Crippen LogP contribution in [0.3, 0.4) is 0 Å². The van der Waals surface area contributed by atoms with Crippen LogP contribution in [0.25, 0.3) is 6.08 Å². The van der Waals surface area contributed by atoms with Crippen LogP contribution in [0.4, 0.5) is 4.39 Å². The van der Waals surface area contributed by atoms with Crippen LogP contribution in [0.1, 0.15) is 32.3 Å². The highest BCUT2D eigenvalue weighted by Crippen LogP contribution is 2.51. The number of halogens is 1. The molecule has 2 atom stereocenters. The van der Waals surface area contributed by atoms with Gasteiger partial charge < -0.3 is 5.32 Å². The van der Waals surface area contributed by atoms with Crippen molar-refractivity contribution in [2.75, 3.05) is 0 Å². The average molecular weight is 372 g/mol. The molecule has 3 aliphatic rings. The first kappa shape index (κ1) is 18.4. The SMILES string of the molecule is C=C1C=CC2=C(CC3C=C(C)CC2(N=C/C=C/c2ccccc2F)/C3=C/C)N1. The number of hydrogen-bond acceptors (Lipinski definition) is 2. The number of benzene rings is 1. The first-order valence-electron chi connectivity index (χ1n) is 9.71. The van der Waals surface area contributed by atoms with Crippen LogP contribution >= 0.6 is 0 Å². The van der Waals surface area contributed by atoms with Crippen molar-refractivity contribution in [2.45, 2.75) is 32.2 Å². The zero-order valence-electron chi connectivity index (χ0n) is 16.4. The Morgan fingerprint density at radius 2 is 2.11 bits per heavy atom. The van der Waals surface area contributed by atoms with Crippen LogP contribution in [0.2, 0.25) is 0 Å². The standard InChI is InChI=1S/C25H25FN2/c1-4-21-20-14-17(2)16-25(21,22-12-11-18(3)28-24(22)15-20)27-13-7-9-19-8-5-6-10-23(19)26/h4-14,20,28H,3,15-16H2,1-2H3/b9-7+,21-4+,27-13?. The second-order valence-corrected chi connectivity index (χ2v) is 7.64. The fourth-order valence-corrected chi connectivity index (χ4v) is 4.65. The molecule has 2 nitrogen and oxygen atoms in total. The van der Waals surface area contributed by atoms with Gasteiger partial charge in [-0.3, -0.25) is 4.99 Å². The Hall–Kier alpha value is -2.94. The molecule has 2 unspecified atom stereocenters. The molecule has 0 saturated carbocycles. The van der Waals surface area contributed by atoms with Crippen molar-refractivity contribution in [3.63, 3.8) is 0 Å². The molecular formula is C25H25FN2. The minimum Gasteiger partial charge on any atom is -0.359 e. The Kier molecular flexibility index (Phi) is 4.76. The van der Waals surface area contributed by atoms with Crippen molar-refractivity contribution in [1.29, 1.82) is 0 Å². The van der Waals surface area contributed by atoms with E-state index in [-0.39, 0.29) is 5.82 Å². The molecule has 28 heavy (non-hydrogen) atoms. The zero-order valence-corrected chi connectivity index (χ0v) is 16.4.